The average Bonchev–Trinajstić information content (AvgIpc) is 3.57. The molecule has 168 valence electrons. The van der Waals surface area contributed by atoms with Gasteiger partial charge in [0.1, 0.15) is 17.4 Å². The highest BCUT2D eigenvalue weighted by Crippen LogP contribution is 2.59. The van der Waals surface area contributed by atoms with Gasteiger partial charge in [0.25, 0.3) is 0 Å². The van der Waals surface area contributed by atoms with E-state index < -0.39 is 40.5 Å². The zero-order chi connectivity index (χ0) is 21.6. The lowest BCUT2D eigenvalue weighted by Crippen LogP contribution is -2.45. The minimum atomic E-state index is -1.44. The van der Waals surface area contributed by atoms with E-state index >= 15 is 4.39 Å². The zero-order valence-corrected chi connectivity index (χ0v) is 16.7. The van der Waals surface area contributed by atoms with Crippen molar-refractivity contribution in [2.75, 3.05) is 25.1 Å². The van der Waals surface area contributed by atoms with Crippen molar-refractivity contribution in [3.05, 3.63) is 33.9 Å². The van der Waals surface area contributed by atoms with Gasteiger partial charge in [0, 0.05) is 36.7 Å². The van der Waals surface area contributed by atoms with Gasteiger partial charge in [0.2, 0.25) is 5.43 Å². The second-order valence-electron chi connectivity index (χ2n) is 9.09. The molecule has 31 heavy (non-hydrogen) atoms. The van der Waals surface area contributed by atoms with E-state index in [2.05, 4.69) is 0 Å². The van der Waals surface area contributed by atoms with Crippen LogP contribution in [-0.2, 0) is 0 Å². The first-order valence-electron chi connectivity index (χ1n) is 9.97. The van der Waals surface area contributed by atoms with Crippen molar-refractivity contribution in [3.8, 4) is 5.75 Å². The molecule has 1 saturated heterocycles. The minimum Gasteiger partial charge on any atom is -0.492 e. The fourth-order valence-corrected chi connectivity index (χ4v) is 4.99. The summed E-state index contributed by atoms with van der Waals surface area (Å²) in [5.74, 6) is -2.03. The van der Waals surface area contributed by atoms with Crippen LogP contribution >= 0.6 is 0 Å². The van der Waals surface area contributed by atoms with E-state index in [0.29, 0.717) is 13.1 Å². The molecule has 0 amide bonds. The molecular formula is C22H27F2N3O4. The molecule has 3 aliphatic rings. The Morgan fingerprint density at radius 3 is 2.48 bits per heavy atom. The maximum Gasteiger partial charge on any atom is 0.341 e. The van der Waals surface area contributed by atoms with Crippen molar-refractivity contribution in [1.29, 1.82) is 0 Å². The van der Waals surface area contributed by atoms with Crippen LogP contribution in [-0.4, -0.2) is 47.6 Å². The molecule has 1 aliphatic heterocycles. The Morgan fingerprint density at radius 1 is 1.35 bits per heavy atom. The van der Waals surface area contributed by atoms with Crippen molar-refractivity contribution in [2.45, 2.75) is 51.4 Å². The molecule has 1 aromatic carbocycles. The van der Waals surface area contributed by atoms with E-state index in [1.165, 1.54) is 11.7 Å². The van der Waals surface area contributed by atoms with Crippen LogP contribution in [0.2, 0.25) is 0 Å². The molecule has 9 heteroatoms. The fraction of sp³-hybridized carbons (Fsp3) is 0.545. The highest BCUT2D eigenvalue weighted by Gasteiger charge is 2.61. The van der Waals surface area contributed by atoms with Gasteiger partial charge in [-0.15, -0.1) is 0 Å². The van der Waals surface area contributed by atoms with Gasteiger partial charge < -0.3 is 25.0 Å². The topological polar surface area (TPSA) is 97.8 Å². The molecule has 5 rings (SSSR count). The van der Waals surface area contributed by atoms with E-state index in [4.69, 9.17) is 10.5 Å². The number of halogens is 2. The van der Waals surface area contributed by atoms with Gasteiger partial charge in [-0.2, -0.15) is 0 Å². The van der Waals surface area contributed by atoms with Gasteiger partial charge in [-0.25, -0.2) is 13.6 Å². The number of carbonyl (C=O) groups is 1. The predicted molar refractivity (Wildman–Crippen MR) is 113 cm³/mol. The molecular weight excluding hydrogens is 408 g/mol. The molecule has 0 unspecified atom stereocenters. The Labute approximate surface area is 178 Å². The van der Waals surface area contributed by atoms with Gasteiger partial charge in [-0.1, -0.05) is 7.43 Å². The number of pyridine rings is 1. The number of fused-ring (bicyclic) bond motifs is 1. The lowest BCUT2D eigenvalue weighted by Gasteiger charge is -2.26. The van der Waals surface area contributed by atoms with Gasteiger partial charge in [-0.05, 0) is 25.8 Å². The normalized spacial score (nSPS) is 28.0. The van der Waals surface area contributed by atoms with Gasteiger partial charge in [-0.3, -0.25) is 4.79 Å². The largest absolute Gasteiger partial charge is 0.492 e. The Bertz CT molecular complexity index is 1150. The highest BCUT2D eigenvalue weighted by atomic mass is 19.1. The summed E-state index contributed by atoms with van der Waals surface area (Å²) in [6, 6.07) is 0.423. The van der Waals surface area contributed by atoms with Crippen LogP contribution in [0.4, 0.5) is 14.5 Å². The maximum absolute atomic E-state index is 15.3. The van der Waals surface area contributed by atoms with Crippen LogP contribution in [0.1, 0.15) is 50.0 Å². The van der Waals surface area contributed by atoms with Crippen LogP contribution in [0.25, 0.3) is 10.9 Å². The van der Waals surface area contributed by atoms with Crippen molar-refractivity contribution in [1.82, 2.24) is 4.57 Å². The van der Waals surface area contributed by atoms with Crippen molar-refractivity contribution in [2.24, 2.45) is 11.1 Å². The molecule has 3 fully saturated rings. The number of nitrogens with zero attached hydrogens (tertiary/aromatic N) is 2. The van der Waals surface area contributed by atoms with Gasteiger partial charge in [0.05, 0.1) is 24.1 Å². The number of hydrogen-bond acceptors (Lipinski definition) is 5. The van der Waals surface area contributed by atoms with Crippen LogP contribution in [0, 0.1) is 11.2 Å². The van der Waals surface area contributed by atoms with Crippen molar-refractivity contribution in [3.63, 3.8) is 0 Å². The standard InChI is InChI=1S/C21H23F2N3O4.CH4/c1-20(24)8-25(9-21(20)3-4-21)16-13(23)5-10-15(18(16)30-2)26(14-6-12(14)22)7-11(17(10)27)19(28)29;/h5,7,12,14H,3-4,6,8-9,24H2,1-2H3,(H,28,29);1H4/t12-,14+,20+;/m0./s1. The lowest BCUT2D eigenvalue weighted by atomic mass is 9.87. The summed E-state index contributed by atoms with van der Waals surface area (Å²) in [5, 5.41) is 9.27. The summed E-state index contributed by atoms with van der Waals surface area (Å²) in [4.78, 5) is 26.2. The number of aromatic carboxylic acids is 1. The fourth-order valence-electron chi connectivity index (χ4n) is 4.99. The number of alkyl halides is 1. The first-order chi connectivity index (χ1) is 14.1. The SMILES string of the molecule is C.COc1c(N2CC3(CC3)[C@](C)(N)C2)c(F)cc2c(=O)c(C(=O)O)cn([C@@H]3C[C@@H]3F)c12. The first-order valence-corrected chi connectivity index (χ1v) is 9.97. The van der Waals surface area contributed by atoms with E-state index in [0.717, 1.165) is 25.1 Å². The van der Waals surface area contributed by atoms with E-state index in [1.807, 2.05) is 11.8 Å². The number of carboxylic acid groups (broad SMARTS) is 1. The molecule has 3 atom stereocenters. The Morgan fingerprint density at radius 2 is 2.00 bits per heavy atom. The number of aromatic nitrogens is 1. The summed E-state index contributed by atoms with van der Waals surface area (Å²) in [5.41, 5.74) is 4.98. The molecule has 0 radical (unpaired) electrons. The number of anilines is 1. The number of benzene rings is 1. The number of nitrogens with two attached hydrogens (primary N) is 1. The molecule has 2 heterocycles. The summed E-state index contributed by atoms with van der Waals surface area (Å²) in [6.07, 6.45) is 2.10. The Kier molecular flexibility index (Phi) is 4.63. The third kappa shape index (κ3) is 2.93. The summed E-state index contributed by atoms with van der Waals surface area (Å²) < 4.78 is 36.3. The van der Waals surface area contributed by atoms with Crippen LogP contribution in [0.15, 0.2) is 17.1 Å². The van der Waals surface area contributed by atoms with E-state index in [-0.39, 0.29) is 41.6 Å². The molecule has 1 aromatic heterocycles. The lowest BCUT2D eigenvalue weighted by molar-refractivity contribution is 0.0694. The summed E-state index contributed by atoms with van der Waals surface area (Å²) in [6.45, 7) is 2.93. The third-order valence-electron chi connectivity index (χ3n) is 7.07. The molecule has 2 aliphatic carbocycles. The van der Waals surface area contributed by atoms with Crippen molar-refractivity contribution >= 4 is 22.6 Å². The maximum atomic E-state index is 15.3. The molecule has 2 saturated carbocycles. The molecule has 2 aromatic rings. The number of carboxylic acids is 1. The summed E-state index contributed by atoms with van der Waals surface area (Å²) >= 11 is 0. The Balaban J connectivity index is 0.00000231. The van der Waals surface area contributed by atoms with Gasteiger partial charge in [0.15, 0.2) is 11.6 Å². The first kappa shape index (κ1) is 21.5. The van der Waals surface area contributed by atoms with E-state index in [9.17, 15) is 19.1 Å². The number of methoxy groups -OCH3 is 1. The number of rotatable bonds is 4. The summed E-state index contributed by atoms with van der Waals surface area (Å²) in [7, 11) is 1.36. The molecule has 0 bridgehead atoms. The van der Waals surface area contributed by atoms with Crippen molar-refractivity contribution < 1.29 is 23.4 Å². The molecule has 7 nitrogen and oxygen atoms in total. The molecule has 3 N–H and O–H groups in total. The highest BCUT2D eigenvalue weighted by molar-refractivity contribution is 5.97. The minimum absolute atomic E-state index is 0. The van der Waals surface area contributed by atoms with Gasteiger partial charge >= 0.3 is 5.97 Å². The van der Waals surface area contributed by atoms with E-state index in [1.54, 1.807) is 0 Å². The van der Waals surface area contributed by atoms with Crippen LogP contribution in [0.5, 0.6) is 5.75 Å². The number of hydrogen-bond donors (Lipinski definition) is 2. The second kappa shape index (κ2) is 6.66. The van der Waals surface area contributed by atoms with Crippen LogP contribution < -0.4 is 20.8 Å². The average molecular weight is 435 g/mol. The smallest absolute Gasteiger partial charge is 0.341 e. The second-order valence-corrected chi connectivity index (χ2v) is 9.09. The monoisotopic (exact) mass is 435 g/mol. The predicted octanol–water partition coefficient (Wildman–Crippen LogP) is 3.08. The quantitative estimate of drug-likeness (QED) is 0.766. The van der Waals surface area contributed by atoms with Crippen LogP contribution in [0.3, 0.4) is 0 Å². The number of ether oxygens (including phenoxy) is 1. The zero-order valence-electron chi connectivity index (χ0n) is 16.7. The third-order valence-corrected chi connectivity index (χ3v) is 7.07. The Hall–Kier alpha value is -2.68. The molecule has 1 spiro atoms.